The Labute approximate surface area is 115 Å². The molecule has 8 heteroatoms. The maximum Gasteiger partial charge on any atom is 0.224 e. The van der Waals surface area contributed by atoms with Crippen molar-refractivity contribution in [2.24, 2.45) is 5.14 Å². The number of amides is 1. The quantitative estimate of drug-likeness (QED) is 0.827. The van der Waals surface area contributed by atoms with Crippen molar-refractivity contribution in [1.29, 1.82) is 0 Å². The lowest BCUT2D eigenvalue weighted by Gasteiger charge is -2.16. The Morgan fingerprint density at radius 2 is 2.25 bits per heavy atom. The number of carbonyl (C=O) groups excluding carboxylic acids is 1. The van der Waals surface area contributed by atoms with Gasteiger partial charge in [-0.2, -0.15) is 0 Å². The van der Waals surface area contributed by atoms with E-state index in [2.05, 4.69) is 9.97 Å². The normalized spacial score (nSPS) is 19.9. The number of nitrogens with zero attached hydrogens (tertiary/aromatic N) is 2. The van der Waals surface area contributed by atoms with Gasteiger partial charge in [-0.1, -0.05) is 6.07 Å². The largest absolute Gasteiger partial charge is 0.345 e. The van der Waals surface area contributed by atoms with Gasteiger partial charge in [-0.25, -0.2) is 18.5 Å². The van der Waals surface area contributed by atoms with E-state index in [0.29, 0.717) is 6.54 Å². The van der Waals surface area contributed by atoms with Crippen LogP contribution >= 0.6 is 0 Å². The second-order valence-electron chi connectivity index (χ2n) is 4.94. The van der Waals surface area contributed by atoms with Gasteiger partial charge in [0, 0.05) is 19.5 Å². The summed E-state index contributed by atoms with van der Waals surface area (Å²) in [6.45, 7) is 0.526. The molecule has 1 aromatic heterocycles. The number of hydrogen-bond donors (Lipinski definition) is 2. The maximum absolute atomic E-state index is 11.8. The van der Waals surface area contributed by atoms with Gasteiger partial charge < -0.3 is 9.88 Å². The SMILES string of the molecule is NS(=O)(=O)C1CC(=O)N(Cc2ccc3nc[nH]c3c2)C1. The molecule has 0 saturated carbocycles. The minimum absolute atomic E-state index is 0.0366. The minimum atomic E-state index is -3.67. The van der Waals surface area contributed by atoms with Crippen LogP contribution in [0, 0.1) is 0 Å². The third-order valence-electron chi connectivity index (χ3n) is 3.50. The molecule has 106 valence electrons. The minimum Gasteiger partial charge on any atom is -0.345 e. The predicted molar refractivity (Wildman–Crippen MR) is 73.0 cm³/mol. The lowest BCUT2D eigenvalue weighted by molar-refractivity contribution is -0.128. The van der Waals surface area contributed by atoms with Crippen molar-refractivity contribution in [1.82, 2.24) is 14.9 Å². The number of rotatable bonds is 3. The average Bonchev–Trinajstić information content (AvgIpc) is 2.95. The molecule has 0 bridgehead atoms. The zero-order valence-electron chi connectivity index (χ0n) is 10.6. The first-order valence-electron chi connectivity index (χ1n) is 6.15. The number of aromatic amines is 1. The molecule has 7 nitrogen and oxygen atoms in total. The summed E-state index contributed by atoms with van der Waals surface area (Å²) in [5.74, 6) is -0.186. The molecule has 1 unspecified atom stereocenters. The highest BCUT2D eigenvalue weighted by Gasteiger charge is 2.36. The number of benzene rings is 1. The zero-order valence-corrected chi connectivity index (χ0v) is 11.4. The number of nitrogens with two attached hydrogens (primary N) is 1. The summed E-state index contributed by atoms with van der Waals surface area (Å²) in [5, 5.41) is 4.30. The van der Waals surface area contributed by atoms with Crippen LogP contribution < -0.4 is 5.14 Å². The molecule has 0 radical (unpaired) electrons. The molecule has 1 aromatic carbocycles. The summed E-state index contributed by atoms with van der Waals surface area (Å²) in [7, 11) is -3.67. The van der Waals surface area contributed by atoms with Crippen molar-refractivity contribution in [3.8, 4) is 0 Å². The summed E-state index contributed by atoms with van der Waals surface area (Å²) in [4.78, 5) is 20.5. The molecule has 1 amide bonds. The molecule has 2 aromatic rings. The molecule has 3 N–H and O–H groups in total. The molecule has 1 atom stereocenters. The van der Waals surface area contributed by atoms with Gasteiger partial charge in [0.15, 0.2) is 0 Å². The predicted octanol–water partition coefficient (Wildman–Crippen LogP) is -0.0477. The van der Waals surface area contributed by atoms with Crippen LogP contribution in [0.3, 0.4) is 0 Å². The molecule has 0 aliphatic carbocycles. The lowest BCUT2D eigenvalue weighted by Crippen LogP contribution is -2.31. The number of likely N-dealkylation sites (tertiary alicyclic amines) is 1. The number of H-pyrrole nitrogens is 1. The van der Waals surface area contributed by atoms with Crippen molar-refractivity contribution in [3.05, 3.63) is 30.1 Å². The van der Waals surface area contributed by atoms with Gasteiger partial charge >= 0.3 is 0 Å². The fourth-order valence-corrected chi connectivity index (χ4v) is 3.17. The van der Waals surface area contributed by atoms with E-state index in [1.807, 2.05) is 18.2 Å². The second-order valence-corrected chi connectivity index (χ2v) is 6.79. The summed E-state index contributed by atoms with van der Waals surface area (Å²) in [6.07, 6.45) is 1.57. The zero-order chi connectivity index (χ0) is 14.3. The van der Waals surface area contributed by atoms with Gasteiger partial charge in [0.1, 0.15) is 5.25 Å². The fraction of sp³-hybridized carbons (Fsp3) is 0.333. The Balaban J connectivity index is 1.79. The van der Waals surface area contributed by atoms with Crippen molar-refractivity contribution in [2.75, 3.05) is 6.54 Å². The van der Waals surface area contributed by atoms with Crippen LogP contribution in [-0.2, 0) is 21.4 Å². The van der Waals surface area contributed by atoms with E-state index in [0.717, 1.165) is 16.6 Å². The Kier molecular flexibility index (Phi) is 2.98. The first-order chi connectivity index (χ1) is 9.43. The number of hydrogen-bond acceptors (Lipinski definition) is 4. The van der Waals surface area contributed by atoms with Gasteiger partial charge in [0.2, 0.25) is 15.9 Å². The first-order valence-corrected chi connectivity index (χ1v) is 7.76. The second kappa shape index (κ2) is 4.57. The van der Waals surface area contributed by atoms with Gasteiger partial charge in [-0.15, -0.1) is 0 Å². The summed E-state index contributed by atoms with van der Waals surface area (Å²) in [5.41, 5.74) is 2.66. The number of carbonyl (C=O) groups is 1. The fourth-order valence-electron chi connectivity index (χ4n) is 2.41. The smallest absolute Gasteiger partial charge is 0.224 e. The van der Waals surface area contributed by atoms with Crippen LogP contribution in [0.5, 0.6) is 0 Å². The Bertz CT molecular complexity index is 768. The molecule has 3 rings (SSSR count). The van der Waals surface area contributed by atoms with Crippen LogP contribution in [0.4, 0.5) is 0 Å². The van der Waals surface area contributed by atoms with Crippen LogP contribution in [0.1, 0.15) is 12.0 Å². The van der Waals surface area contributed by atoms with Crippen molar-refractivity contribution < 1.29 is 13.2 Å². The molecule has 0 spiro atoms. The number of fused-ring (bicyclic) bond motifs is 1. The molecule has 1 saturated heterocycles. The Morgan fingerprint density at radius 3 is 2.95 bits per heavy atom. The third-order valence-corrected chi connectivity index (χ3v) is 4.75. The van der Waals surface area contributed by atoms with Gasteiger partial charge in [-0.3, -0.25) is 4.79 Å². The number of imidazole rings is 1. The third kappa shape index (κ3) is 2.39. The summed E-state index contributed by atoms with van der Waals surface area (Å²) < 4.78 is 22.6. The van der Waals surface area contributed by atoms with E-state index >= 15 is 0 Å². The highest BCUT2D eigenvalue weighted by atomic mass is 32.2. The van der Waals surface area contributed by atoms with E-state index in [4.69, 9.17) is 5.14 Å². The Hall–Kier alpha value is -1.93. The van der Waals surface area contributed by atoms with Crippen LogP contribution in [0.15, 0.2) is 24.5 Å². The number of nitrogens with one attached hydrogen (secondary N) is 1. The van der Waals surface area contributed by atoms with Crippen molar-refractivity contribution in [2.45, 2.75) is 18.2 Å². The standard InChI is InChI=1S/C12H14N4O3S/c13-20(18,19)9-4-12(17)16(6-9)5-8-1-2-10-11(3-8)15-7-14-10/h1-3,7,9H,4-6H2,(H,14,15)(H2,13,18,19). The number of primary sulfonamides is 1. The molecular weight excluding hydrogens is 280 g/mol. The van der Waals surface area contributed by atoms with E-state index in [-0.39, 0.29) is 18.9 Å². The van der Waals surface area contributed by atoms with E-state index in [9.17, 15) is 13.2 Å². The van der Waals surface area contributed by atoms with Gasteiger partial charge in [0.05, 0.1) is 17.4 Å². The monoisotopic (exact) mass is 294 g/mol. The van der Waals surface area contributed by atoms with Crippen LogP contribution in [-0.4, -0.2) is 41.0 Å². The number of aromatic nitrogens is 2. The topological polar surface area (TPSA) is 109 Å². The summed E-state index contributed by atoms with van der Waals surface area (Å²) >= 11 is 0. The number of sulfonamides is 1. The molecule has 1 aliphatic rings. The molecule has 2 heterocycles. The van der Waals surface area contributed by atoms with Gasteiger partial charge in [0.25, 0.3) is 0 Å². The van der Waals surface area contributed by atoms with E-state index in [1.165, 1.54) is 4.90 Å². The molecule has 1 fully saturated rings. The van der Waals surface area contributed by atoms with Crippen molar-refractivity contribution >= 4 is 27.0 Å². The Morgan fingerprint density at radius 1 is 1.45 bits per heavy atom. The summed E-state index contributed by atoms with van der Waals surface area (Å²) in [6, 6.07) is 5.64. The average molecular weight is 294 g/mol. The molecule has 20 heavy (non-hydrogen) atoms. The lowest BCUT2D eigenvalue weighted by atomic mass is 10.2. The van der Waals surface area contributed by atoms with Crippen LogP contribution in [0.25, 0.3) is 11.0 Å². The van der Waals surface area contributed by atoms with Crippen LogP contribution in [0.2, 0.25) is 0 Å². The first kappa shape index (κ1) is 13.1. The highest BCUT2D eigenvalue weighted by Crippen LogP contribution is 2.20. The highest BCUT2D eigenvalue weighted by molar-refractivity contribution is 7.89. The van der Waals surface area contributed by atoms with E-state index < -0.39 is 15.3 Å². The van der Waals surface area contributed by atoms with Gasteiger partial charge in [-0.05, 0) is 17.7 Å². The van der Waals surface area contributed by atoms with E-state index in [1.54, 1.807) is 6.33 Å². The maximum atomic E-state index is 11.8. The molecule has 1 aliphatic heterocycles. The van der Waals surface area contributed by atoms with Crippen molar-refractivity contribution in [3.63, 3.8) is 0 Å². The molecular formula is C12H14N4O3S.